The summed E-state index contributed by atoms with van der Waals surface area (Å²) >= 11 is 0. The van der Waals surface area contributed by atoms with Crippen molar-refractivity contribution in [2.24, 2.45) is 0 Å². The molecule has 0 saturated carbocycles. The Morgan fingerprint density at radius 3 is 2.19 bits per heavy atom. The van der Waals surface area contributed by atoms with Gasteiger partial charge in [-0.1, -0.05) is 11.2 Å². The van der Waals surface area contributed by atoms with Crippen molar-refractivity contribution < 1.29 is 18.8 Å². The van der Waals surface area contributed by atoms with Gasteiger partial charge in [-0.25, -0.2) is 0 Å². The molecular formula is C19H17N3O4. The van der Waals surface area contributed by atoms with Crippen LogP contribution in [0.2, 0.25) is 0 Å². The van der Waals surface area contributed by atoms with Crippen molar-refractivity contribution in [2.45, 2.75) is 6.92 Å². The maximum absolute atomic E-state index is 12.4. The number of amides is 2. The smallest absolute Gasteiger partial charge is 0.256 e. The minimum Gasteiger partial charge on any atom is -0.497 e. The first-order valence-corrected chi connectivity index (χ1v) is 7.85. The number of methoxy groups -OCH3 is 1. The lowest BCUT2D eigenvalue weighted by Gasteiger charge is -2.08. The van der Waals surface area contributed by atoms with Crippen LogP contribution in [-0.2, 0) is 0 Å². The summed E-state index contributed by atoms with van der Waals surface area (Å²) < 4.78 is 9.99. The zero-order valence-corrected chi connectivity index (χ0v) is 14.3. The van der Waals surface area contributed by atoms with Crippen LogP contribution in [0.5, 0.6) is 5.75 Å². The number of ether oxygens (including phenoxy) is 1. The van der Waals surface area contributed by atoms with Crippen LogP contribution in [0.4, 0.5) is 11.5 Å². The Labute approximate surface area is 150 Å². The molecule has 3 aromatic rings. The van der Waals surface area contributed by atoms with E-state index in [-0.39, 0.29) is 11.8 Å². The van der Waals surface area contributed by atoms with E-state index in [0.29, 0.717) is 34.1 Å². The van der Waals surface area contributed by atoms with Gasteiger partial charge in [0.1, 0.15) is 11.5 Å². The van der Waals surface area contributed by atoms with Gasteiger partial charge in [0, 0.05) is 22.9 Å². The summed E-state index contributed by atoms with van der Waals surface area (Å²) in [6.45, 7) is 1.73. The molecule has 2 N–H and O–H groups in total. The average molecular weight is 351 g/mol. The number of aryl methyl sites for hydroxylation is 1. The number of aromatic nitrogens is 1. The molecule has 0 bridgehead atoms. The molecule has 26 heavy (non-hydrogen) atoms. The predicted octanol–water partition coefficient (Wildman–Crippen LogP) is 3.50. The van der Waals surface area contributed by atoms with Gasteiger partial charge in [-0.15, -0.1) is 0 Å². The van der Waals surface area contributed by atoms with E-state index in [1.54, 1.807) is 62.6 Å². The van der Waals surface area contributed by atoms with Gasteiger partial charge in [0.25, 0.3) is 11.8 Å². The molecule has 7 nitrogen and oxygen atoms in total. The van der Waals surface area contributed by atoms with Crippen LogP contribution in [0.1, 0.15) is 26.5 Å². The lowest BCUT2D eigenvalue weighted by Crippen LogP contribution is -2.15. The zero-order valence-electron chi connectivity index (χ0n) is 14.3. The molecule has 0 fully saturated rings. The second-order valence-electron chi connectivity index (χ2n) is 5.54. The number of carbonyl (C=O) groups excluding carboxylic acids is 2. The molecule has 2 amide bonds. The molecule has 0 unspecified atom stereocenters. The van der Waals surface area contributed by atoms with E-state index in [0.717, 1.165) is 0 Å². The third kappa shape index (κ3) is 4.07. The number of anilines is 2. The highest BCUT2D eigenvalue weighted by molar-refractivity contribution is 6.08. The topological polar surface area (TPSA) is 93.5 Å². The van der Waals surface area contributed by atoms with E-state index in [1.165, 1.54) is 6.07 Å². The molecule has 1 aromatic heterocycles. The van der Waals surface area contributed by atoms with Crippen molar-refractivity contribution in [3.8, 4) is 5.75 Å². The van der Waals surface area contributed by atoms with Gasteiger partial charge in [-0.3, -0.25) is 9.59 Å². The molecule has 0 aliphatic carbocycles. The SMILES string of the molecule is COc1ccc(NC(=O)c2cccc(C(=O)Nc3cc(C)on3)c2)cc1. The molecule has 0 aliphatic rings. The number of rotatable bonds is 5. The third-order valence-electron chi connectivity index (χ3n) is 3.60. The Morgan fingerprint density at radius 1 is 0.962 bits per heavy atom. The molecule has 1 heterocycles. The zero-order chi connectivity index (χ0) is 18.5. The summed E-state index contributed by atoms with van der Waals surface area (Å²) in [6.07, 6.45) is 0. The summed E-state index contributed by atoms with van der Waals surface area (Å²) in [4.78, 5) is 24.7. The summed E-state index contributed by atoms with van der Waals surface area (Å²) in [5, 5.41) is 9.11. The van der Waals surface area contributed by atoms with E-state index in [4.69, 9.17) is 9.26 Å². The largest absolute Gasteiger partial charge is 0.497 e. The van der Waals surface area contributed by atoms with Gasteiger partial charge in [-0.2, -0.15) is 0 Å². The van der Waals surface area contributed by atoms with Crippen molar-refractivity contribution in [2.75, 3.05) is 17.7 Å². The van der Waals surface area contributed by atoms with E-state index < -0.39 is 0 Å². The molecule has 3 rings (SSSR count). The highest BCUT2D eigenvalue weighted by atomic mass is 16.5. The molecule has 0 atom stereocenters. The van der Waals surface area contributed by atoms with Crippen molar-refractivity contribution in [1.29, 1.82) is 0 Å². The van der Waals surface area contributed by atoms with Crippen molar-refractivity contribution in [3.63, 3.8) is 0 Å². The summed E-state index contributed by atoms with van der Waals surface area (Å²) in [5.41, 5.74) is 1.33. The minimum absolute atomic E-state index is 0.318. The highest BCUT2D eigenvalue weighted by Gasteiger charge is 2.12. The standard InChI is InChI=1S/C19H17N3O4/c1-12-10-17(22-26-12)21-19(24)14-5-3-4-13(11-14)18(23)20-15-6-8-16(25-2)9-7-15/h3-11H,1-2H3,(H,20,23)(H,21,22,24). The number of hydrogen-bond donors (Lipinski definition) is 2. The number of benzene rings is 2. The van der Waals surface area contributed by atoms with E-state index in [1.807, 2.05) is 0 Å². The van der Waals surface area contributed by atoms with Crippen molar-refractivity contribution in [1.82, 2.24) is 5.16 Å². The fraction of sp³-hybridized carbons (Fsp3) is 0.105. The van der Waals surface area contributed by atoms with Crippen molar-refractivity contribution in [3.05, 3.63) is 71.5 Å². The first kappa shape index (κ1) is 17.2. The average Bonchev–Trinajstić information content (AvgIpc) is 3.07. The maximum Gasteiger partial charge on any atom is 0.256 e. The van der Waals surface area contributed by atoms with Gasteiger partial charge < -0.3 is 19.9 Å². The van der Waals surface area contributed by atoms with E-state index >= 15 is 0 Å². The maximum atomic E-state index is 12.4. The number of carbonyl (C=O) groups is 2. The van der Waals surface area contributed by atoms with E-state index in [9.17, 15) is 9.59 Å². The van der Waals surface area contributed by atoms with Gasteiger partial charge in [0.2, 0.25) is 0 Å². The molecule has 0 saturated heterocycles. The summed E-state index contributed by atoms with van der Waals surface area (Å²) in [6, 6.07) is 15.0. The fourth-order valence-electron chi connectivity index (χ4n) is 2.29. The summed E-state index contributed by atoms with van der Waals surface area (Å²) in [7, 11) is 1.57. The van der Waals surface area contributed by atoms with Gasteiger partial charge in [-0.05, 0) is 49.4 Å². The van der Waals surface area contributed by atoms with Crippen LogP contribution in [0, 0.1) is 6.92 Å². The molecule has 0 radical (unpaired) electrons. The van der Waals surface area contributed by atoms with Gasteiger partial charge >= 0.3 is 0 Å². The molecule has 0 aliphatic heterocycles. The molecular weight excluding hydrogens is 334 g/mol. The second kappa shape index (κ2) is 7.52. The monoisotopic (exact) mass is 351 g/mol. The van der Waals surface area contributed by atoms with Crippen LogP contribution < -0.4 is 15.4 Å². The molecule has 0 spiro atoms. The quantitative estimate of drug-likeness (QED) is 0.734. The Morgan fingerprint density at radius 2 is 1.62 bits per heavy atom. The van der Waals surface area contributed by atoms with Crippen LogP contribution in [-0.4, -0.2) is 24.1 Å². The number of hydrogen-bond acceptors (Lipinski definition) is 5. The Kier molecular flexibility index (Phi) is 4.98. The lowest BCUT2D eigenvalue weighted by molar-refractivity contribution is 0.102. The first-order valence-electron chi connectivity index (χ1n) is 7.85. The summed E-state index contributed by atoms with van der Waals surface area (Å²) in [5.74, 6) is 0.915. The third-order valence-corrected chi connectivity index (χ3v) is 3.60. The Bertz CT molecular complexity index is 932. The lowest BCUT2D eigenvalue weighted by atomic mass is 10.1. The number of nitrogens with zero attached hydrogens (tertiary/aromatic N) is 1. The van der Waals surface area contributed by atoms with Crippen LogP contribution in [0.15, 0.2) is 59.1 Å². The second-order valence-corrected chi connectivity index (χ2v) is 5.54. The Hall–Kier alpha value is -3.61. The molecule has 7 heteroatoms. The van der Waals surface area contributed by atoms with Crippen molar-refractivity contribution >= 4 is 23.3 Å². The van der Waals surface area contributed by atoms with Gasteiger partial charge in [0.15, 0.2) is 5.82 Å². The Balaban J connectivity index is 1.71. The molecule has 2 aromatic carbocycles. The fourth-order valence-corrected chi connectivity index (χ4v) is 2.29. The molecule has 132 valence electrons. The minimum atomic E-state index is -0.377. The normalized spacial score (nSPS) is 10.2. The predicted molar refractivity (Wildman–Crippen MR) is 96.6 cm³/mol. The van der Waals surface area contributed by atoms with Gasteiger partial charge in [0.05, 0.1) is 7.11 Å². The van der Waals surface area contributed by atoms with E-state index in [2.05, 4.69) is 15.8 Å². The van der Waals surface area contributed by atoms with Crippen LogP contribution in [0.25, 0.3) is 0 Å². The van der Waals surface area contributed by atoms with Crippen LogP contribution in [0.3, 0.4) is 0 Å². The first-order chi connectivity index (χ1) is 12.5. The number of nitrogens with one attached hydrogen (secondary N) is 2. The van der Waals surface area contributed by atoms with Crippen LogP contribution >= 0.6 is 0 Å². The highest BCUT2D eigenvalue weighted by Crippen LogP contribution is 2.17.